The predicted octanol–water partition coefficient (Wildman–Crippen LogP) is 3.22. The van der Waals surface area contributed by atoms with Crippen LogP contribution in [0.4, 0.5) is 0 Å². The first-order valence-corrected chi connectivity index (χ1v) is 9.65. The highest BCUT2D eigenvalue weighted by atomic mass is 35.5. The topological polar surface area (TPSA) is 81.4 Å². The van der Waals surface area contributed by atoms with Gasteiger partial charge in [0.25, 0.3) is 5.78 Å². The first kappa shape index (κ1) is 20.1. The fraction of sp³-hybridized carbons (Fsp3) is 0.400. The number of carbonyl (C=O) groups is 1. The molecular formula is C20H24ClN5O2. The van der Waals surface area contributed by atoms with E-state index >= 15 is 0 Å². The van der Waals surface area contributed by atoms with Crippen molar-refractivity contribution in [2.75, 3.05) is 13.2 Å². The van der Waals surface area contributed by atoms with Crippen molar-refractivity contribution in [1.82, 2.24) is 24.9 Å². The summed E-state index contributed by atoms with van der Waals surface area (Å²) in [6.07, 6.45) is 3.24. The summed E-state index contributed by atoms with van der Waals surface area (Å²) in [4.78, 5) is 20.7. The SMILES string of the molecule is Cc1cc(Cl)ccc1OCCCNC(=O)CCc1c(C)nc2ncnn2c1C. The van der Waals surface area contributed by atoms with Gasteiger partial charge in [-0.25, -0.2) is 9.50 Å². The number of aromatic nitrogens is 4. The molecule has 1 aromatic carbocycles. The second-order valence-corrected chi connectivity index (χ2v) is 7.13. The lowest BCUT2D eigenvalue weighted by Crippen LogP contribution is -2.26. The lowest BCUT2D eigenvalue weighted by molar-refractivity contribution is -0.121. The molecule has 0 spiro atoms. The summed E-state index contributed by atoms with van der Waals surface area (Å²) in [5.74, 6) is 1.41. The van der Waals surface area contributed by atoms with Crippen LogP contribution in [-0.2, 0) is 11.2 Å². The zero-order valence-electron chi connectivity index (χ0n) is 16.3. The highest BCUT2D eigenvalue weighted by Gasteiger charge is 2.12. The molecule has 0 unspecified atom stereocenters. The summed E-state index contributed by atoms with van der Waals surface area (Å²) in [6, 6.07) is 5.54. The van der Waals surface area contributed by atoms with E-state index in [9.17, 15) is 4.79 Å². The monoisotopic (exact) mass is 401 g/mol. The van der Waals surface area contributed by atoms with Gasteiger partial charge in [-0.3, -0.25) is 4.79 Å². The van der Waals surface area contributed by atoms with Crippen LogP contribution in [0.15, 0.2) is 24.5 Å². The molecule has 148 valence electrons. The largest absolute Gasteiger partial charge is 0.493 e. The minimum atomic E-state index is 0.0140. The van der Waals surface area contributed by atoms with Gasteiger partial charge in [0.1, 0.15) is 12.1 Å². The number of benzene rings is 1. The molecule has 0 aliphatic heterocycles. The fourth-order valence-corrected chi connectivity index (χ4v) is 3.33. The molecule has 2 heterocycles. The molecule has 0 aliphatic carbocycles. The third-order valence-electron chi connectivity index (χ3n) is 4.63. The number of ether oxygens (including phenoxy) is 1. The van der Waals surface area contributed by atoms with E-state index in [1.165, 1.54) is 6.33 Å². The summed E-state index contributed by atoms with van der Waals surface area (Å²) in [5, 5.41) is 7.81. The molecule has 0 radical (unpaired) electrons. The Morgan fingerprint density at radius 3 is 2.89 bits per heavy atom. The third kappa shape index (κ3) is 4.78. The number of halogens is 1. The van der Waals surface area contributed by atoms with Crippen LogP contribution >= 0.6 is 11.6 Å². The maximum atomic E-state index is 12.2. The number of amides is 1. The summed E-state index contributed by atoms with van der Waals surface area (Å²) >= 11 is 5.94. The van der Waals surface area contributed by atoms with Crippen LogP contribution < -0.4 is 10.1 Å². The average Bonchev–Trinajstić information content (AvgIpc) is 3.11. The van der Waals surface area contributed by atoms with Crippen LogP contribution in [0.3, 0.4) is 0 Å². The molecule has 1 N–H and O–H groups in total. The normalized spacial score (nSPS) is 11.0. The van der Waals surface area contributed by atoms with Crippen molar-refractivity contribution in [2.45, 2.75) is 40.0 Å². The van der Waals surface area contributed by atoms with Crippen molar-refractivity contribution in [2.24, 2.45) is 0 Å². The number of nitrogens with zero attached hydrogens (tertiary/aromatic N) is 4. The van der Waals surface area contributed by atoms with Crippen molar-refractivity contribution in [1.29, 1.82) is 0 Å². The lowest BCUT2D eigenvalue weighted by Gasteiger charge is -2.11. The Hall–Kier alpha value is -2.67. The molecule has 0 saturated heterocycles. The number of aryl methyl sites for hydroxylation is 3. The number of nitrogens with one attached hydrogen (secondary N) is 1. The van der Waals surface area contributed by atoms with Gasteiger partial charge in [-0.1, -0.05) is 11.6 Å². The maximum absolute atomic E-state index is 12.2. The molecule has 0 atom stereocenters. The summed E-state index contributed by atoms with van der Waals surface area (Å²) in [5.41, 5.74) is 3.90. The van der Waals surface area contributed by atoms with Crippen molar-refractivity contribution in [3.8, 4) is 5.75 Å². The Kier molecular flexibility index (Phi) is 6.46. The van der Waals surface area contributed by atoms with Gasteiger partial charge in [0.15, 0.2) is 0 Å². The van der Waals surface area contributed by atoms with E-state index in [-0.39, 0.29) is 5.91 Å². The zero-order chi connectivity index (χ0) is 20.1. The first-order chi connectivity index (χ1) is 13.5. The smallest absolute Gasteiger partial charge is 0.252 e. The van der Waals surface area contributed by atoms with E-state index in [4.69, 9.17) is 16.3 Å². The van der Waals surface area contributed by atoms with Crippen LogP contribution in [0.25, 0.3) is 5.78 Å². The van der Waals surface area contributed by atoms with Gasteiger partial charge < -0.3 is 10.1 Å². The van der Waals surface area contributed by atoms with Gasteiger partial charge in [0.05, 0.1) is 6.61 Å². The van der Waals surface area contributed by atoms with Crippen molar-refractivity contribution < 1.29 is 9.53 Å². The van der Waals surface area contributed by atoms with E-state index in [2.05, 4.69) is 20.4 Å². The molecule has 8 heteroatoms. The predicted molar refractivity (Wildman–Crippen MR) is 108 cm³/mol. The van der Waals surface area contributed by atoms with Gasteiger partial charge in [0.2, 0.25) is 5.91 Å². The third-order valence-corrected chi connectivity index (χ3v) is 4.86. The number of hydrogen-bond acceptors (Lipinski definition) is 5. The van der Waals surface area contributed by atoms with E-state index in [1.54, 1.807) is 10.6 Å². The highest BCUT2D eigenvalue weighted by Crippen LogP contribution is 2.21. The molecule has 1 amide bonds. The van der Waals surface area contributed by atoms with E-state index in [1.807, 2.05) is 32.9 Å². The standard InChI is InChI=1S/C20H24ClN5O2/c1-13-11-16(21)5-7-18(13)28-10-4-9-22-19(27)8-6-17-14(2)25-20-23-12-24-26(20)15(17)3/h5,7,11-12H,4,6,8-10H2,1-3H3,(H,22,27). The molecule has 7 nitrogen and oxygen atoms in total. The highest BCUT2D eigenvalue weighted by molar-refractivity contribution is 6.30. The molecular weight excluding hydrogens is 378 g/mol. The quantitative estimate of drug-likeness (QED) is 0.586. The summed E-state index contributed by atoms with van der Waals surface area (Å²) in [7, 11) is 0. The van der Waals surface area contributed by atoms with E-state index in [0.717, 1.165) is 34.7 Å². The fourth-order valence-electron chi connectivity index (χ4n) is 3.10. The Bertz CT molecular complexity index is 986. The van der Waals surface area contributed by atoms with Crippen LogP contribution in [0, 0.1) is 20.8 Å². The van der Waals surface area contributed by atoms with Crippen molar-refractivity contribution in [3.63, 3.8) is 0 Å². The van der Waals surface area contributed by atoms with Gasteiger partial charge in [-0.2, -0.15) is 10.1 Å². The molecule has 0 bridgehead atoms. The number of carbonyl (C=O) groups excluding carboxylic acids is 1. The molecule has 0 aliphatic rings. The van der Waals surface area contributed by atoms with Crippen molar-refractivity contribution >= 4 is 23.3 Å². The van der Waals surface area contributed by atoms with Crippen LogP contribution in [0.5, 0.6) is 5.75 Å². The van der Waals surface area contributed by atoms with Gasteiger partial charge in [-0.15, -0.1) is 0 Å². The maximum Gasteiger partial charge on any atom is 0.252 e. The van der Waals surface area contributed by atoms with Crippen molar-refractivity contribution in [3.05, 3.63) is 52.1 Å². The van der Waals surface area contributed by atoms with Crippen LogP contribution in [0.2, 0.25) is 5.02 Å². The van der Waals surface area contributed by atoms with Gasteiger partial charge in [-0.05, 0) is 62.9 Å². The lowest BCUT2D eigenvalue weighted by atomic mass is 10.1. The van der Waals surface area contributed by atoms with E-state index < -0.39 is 0 Å². The molecule has 2 aromatic heterocycles. The Balaban J connectivity index is 1.41. The Labute approximate surface area is 169 Å². The Morgan fingerprint density at radius 2 is 2.11 bits per heavy atom. The molecule has 3 rings (SSSR count). The number of rotatable bonds is 8. The summed E-state index contributed by atoms with van der Waals surface area (Å²) < 4.78 is 7.44. The number of hydrogen-bond donors (Lipinski definition) is 1. The molecule has 28 heavy (non-hydrogen) atoms. The molecule has 0 fully saturated rings. The average molecular weight is 402 g/mol. The minimum absolute atomic E-state index is 0.0140. The van der Waals surface area contributed by atoms with Gasteiger partial charge >= 0.3 is 0 Å². The van der Waals surface area contributed by atoms with E-state index in [0.29, 0.717) is 36.8 Å². The number of fused-ring (bicyclic) bond motifs is 1. The van der Waals surface area contributed by atoms with Crippen LogP contribution in [0.1, 0.15) is 35.4 Å². The van der Waals surface area contributed by atoms with Gasteiger partial charge in [0, 0.05) is 29.4 Å². The zero-order valence-corrected chi connectivity index (χ0v) is 17.1. The molecule has 0 saturated carbocycles. The molecule has 3 aromatic rings. The second-order valence-electron chi connectivity index (χ2n) is 6.69. The minimum Gasteiger partial charge on any atom is -0.493 e. The summed E-state index contributed by atoms with van der Waals surface area (Å²) in [6.45, 7) is 6.97. The Morgan fingerprint density at radius 1 is 1.29 bits per heavy atom. The first-order valence-electron chi connectivity index (χ1n) is 9.27. The van der Waals surface area contributed by atoms with Crippen LogP contribution in [-0.4, -0.2) is 38.6 Å². The second kappa shape index (κ2) is 9.01.